The van der Waals surface area contributed by atoms with Gasteiger partial charge in [0, 0.05) is 37.8 Å². The fourth-order valence-corrected chi connectivity index (χ4v) is 2.44. The van der Waals surface area contributed by atoms with Crippen molar-refractivity contribution < 1.29 is 14.0 Å². The molecule has 1 aromatic rings. The number of rotatable bonds is 5. The first kappa shape index (κ1) is 17.4. The predicted octanol–water partition coefficient (Wildman–Crippen LogP) is 2.13. The molecule has 1 aromatic carbocycles. The van der Waals surface area contributed by atoms with E-state index in [-0.39, 0.29) is 23.7 Å². The van der Waals surface area contributed by atoms with Gasteiger partial charge in [0.05, 0.1) is 6.54 Å². The minimum atomic E-state index is -0.345. The Kier molecular flexibility index (Phi) is 6.10. The van der Waals surface area contributed by atoms with E-state index in [1.54, 1.807) is 4.90 Å². The van der Waals surface area contributed by atoms with Gasteiger partial charge in [-0.1, -0.05) is 6.92 Å². The fourth-order valence-electron chi connectivity index (χ4n) is 2.44. The van der Waals surface area contributed by atoms with Crippen molar-refractivity contribution in [1.82, 2.24) is 15.1 Å². The Labute approximate surface area is 136 Å². The molecule has 1 aliphatic rings. The van der Waals surface area contributed by atoms with Crippen LogP contribution in [0.2, 0.25) is 0 Å². The molecule has 2 amide bonds. The average molecular weight is 321 g/mol. The van der Waals surface area contributed by atoms with Gasteiger partial charge in [0.2, 0.25) is 0 Å². The van der Waals surface area contributed by atoms with Gasteiger partial charge in [0.25, 0.3) is 0 Å². The lowest BCUT2D eigenvalue weighted by Gasteiger charge is -2.34. The van der Waals surface area contributed by atoms with Crippen molar-refractivity contribution in [1.29, 1.82) is 0 Å². The predicted molar refractivity (Wildman–Crippen MR) is 87.0 cm³/mol. The number of halogens is 1. The van der Waals surface area contributed by atoms with Gasteiger partial charge in [0.1, 0.15) is 5.82 Å². The van der Waals surface area contributed by atoms with Crippen LogP contribution in [0, 0.1) is 5.82 Å². The summed E-state index contributed by atoms with van der Waals surface area (Å²) in [5.41, 5.74) is 0.517. The normalized spacial score (nSPS) is 16.9. The van der Waals surface area contributed by atoms with E-state index in [1.807, 2.05) is 18.7 Å². The van der Waals surface area contributed by atoms with E-state index in [0.29, 0.717) is 38.3 Å². The van der Waals surface area contributed by atoms with Crippen molar-refractivity contribution in [3.8, 4) is 0 Å². The molecule has 2 rings (SSSR count). The molecule has 1 saturated heterocycles. The second-order valence-electron chi connectivity index (χ2n) is 5.95. The van der Waals surface area contributed by atoms with Crippen molar-refractivity contribution in [3.63, 3.8) is 0 Å². The van der Waals surface area contributed by atoms with Crippen molar-refractivity contribution in [2.24, 2.45) is 0 Å². The third-order valence-corrected chi connectivity index (χ3v) is 4.18. The number of nitrogens with zero attached hydrogens (tertiary/aromatic N) is 2. The zero-order valence-corrected chi connectivity index (χ0v) is 13.7. The number of carbonyl (C=O) groups is 2. The first-order valence-corrected chi connectivity index (χ1v) is 8.06. The molecule has 1 aliphatic heterocycles. The minimum Gasteiger partial charge on any atom is -0.336 e. The van der Waals surface area contributed by atoms with Gasteiger partial charge < -0.3 is 10.2 Å². The molecule has 1 fully saturated rings. The number of amides is 2. The average Bonchev–Trinajstić information content (AvgIpc) is 2.55. The van der Waals surface area contributed by atoms with Crippen LogP contribution < -0.4 is 5.32 Å². The molecule has 1 heterocycles. The van der Waals surface area contributed by atoms with Crippen molar-refractivity contribution in [2.75, 3.05) is 32.7 Å². The summed E-state index contributed by atoms with van der Waals surface area (Å²) in [5, 5.41) is 2.95. The maximum Gasteiger partial charge on any atom is 0.317 e. The van der Waals surface area contributed by atoms with Crippen LogP contribution >= 0.6 is 0 Å². The molecule has 1 atom stereocenters. The number of hydrogen-bond donors (Lipinski definition) is 1. The first-order valence-electron chi connectivity index (χ1n) is 8.06. The minimum absolute atomic E-state index is 0.0255. The Bertz CT molecular complexity index is 539. The highest BCUT2D eigenvalue weighted by Gasteiger charge is 2.23. The molecule has 0 bridgehead atoms. The number of piperazine rings is 1. The SMILES string of the molecule is CCC(C)NC(=O)N1CCN(CC(=O)c2ccc(F)cc2)CC1. The Morgan fingerprint density at radius 1 is 1.17 bits per heavy atom. The van der Waals surface area contributed by atoms with Crippen LogP contribution in [-0.4, -0.2) is 60.4 Å². The number of nitrogens with one attached hydrogen (secondary N) is 1. The van der Waals surface area contributed by atoms with Crippen LogP contribution in [0.4, 0.5) is 9.18 Å². The van der Waals surface area contributed by atoms with Gasteiger partial charge in [-0.3, -0.25) is 9.69 Å². The van der Waals surface area contributed by atoms with E-state index in [9.17, 15) is 14.0 Å². The van der Waals surface area contributed by atoms with Crippen LogP contribution in [-0.2, 0) is 0 Å². The molecule has 0 aliphatic carbocycles. The van der Waals surface area contributed by atoms with E-state index in [1.165, 1.54) is 24.3 Å². The van der Waals surface area contributed by atoms with Crippen molar-refractivity contribution in [3.05, 3.63) is 35.6 Å². The Balaban J connectivity index is 1.79. The third kappa shape index (κ3) is 5.03. The number of ketones is 1. The first-order chi connectivity index (χ1) is 11.0. The molecule has 5 nitrogen and oxygen atoms in total. The zero-order valence-electron chi connectivity index (χ0n) is 13.7. The molecule has 0 aromatic heterocycles. The molecule has 126 valence electrons. The van der Waals surface area contributed by atoms with Crippen LogP contribution in [0.15, 0.2) is 24.3 Å². The molecule has 6 heteroatoms. The van der Waals surface area contributed by atoms with Gasteiger partial charge in [-0.15, -0.1) is 0 Å². The number of urea groups is 1. The van der Waals surface area contributed by atoms with E-state index in [2.05, 4.69) is 5.32 Å². The smallest absolute Gasteiger partial charge is 0.317 e. The summed E-state index contributed by atoms with van der Waals surface area (Å²) in [4.78, 5) is 28.0. The number of benzene rings is 1. The highest BCUT2D eigenvalue weighted by molar-refractivity contribution is 5.97. The van der Waals surface area contributed by atoms with Crippen LogP contribution in [0.3, 0.4) is 0 Å². The summed E-state index contributed by atoms with van der Waals surface area (Å²) in [6.07, 6.45) is 0.901. The maximum atomic E-state index is 12.9. The molecule has 1 N–H and O–H groups in total. The lowest BCUT2D eigenvalue weighted by molar-refractivity contribution is 0.0877. The summed E-state index contributed by atoms with van der Waals surface area (Å²) >= 11 is 0. The largest absolute Gasteiger partial charge is 0.336 e. The maximum absolute atomic E-state index is 12.9. The topological polar surface area (TPSA) is 52.7 Å². The van der Waals surface area contributed by atoms with Gasteiger partial charge >= 0.3 is 6.03 Å². The molecule has 0 radical (unpaired) electrons. The highest BCUT2D eigenvalue weighted by atomic mass is 19.1. The van der Waals surface area contributed by atoms with E-state index in [4.69, 9.17) is 0 Å². The standard InChI is InChI=1S/C17H24FN3O2/c1-3-13(2)19-17(23)21-10-8-20(9-11-21)12-16(22)14-4-6-15(18)7-5-14/h4-7,13H,3,8-12H2,1-2H3,(H,19,23). The quantitative estimate of drug-likeness (QED) is 0.845. The molecular weight excluding hydrogens is 297 g/mol. The van der Waals surface area contributed by atoms with E-state index in [0.717, 1.165) is 6.42 Å². The Morgan fingerprint density at radius 3 is 2.35 bits per heavy atom. The Morgan fingerprint density at radius 2 is 1.78 bits per heavy atom. The van der Waals surface area contributed by atoms with Crippen molar-refractivity contribution >= 4 is 11.8 Å². The number of Topliss-reactive ketones (excluding diaryl/α,β-unsaturated/α-hetero) is 1. The molecule has 23 heavy (non-hydrogen) atoms. The van der Waals surface area contributed by atoms with Crippen LogP contribution in [0.5, 0.6) is 0 Å². The molecule has 1 unspecified atom stereocenters. The third-order valence-electron chi connectivity index (χ3n) is 4.18. The fraction of sp³-hybridized carbons (Fsp3) is 0.529. The molecular formula is C17H24FN3O2. The Hall–Kier alpha value is -1.95. The number of carbonyl (C=O) groups excluding carboxylic acids is 2. The summed E-state index contributed by atoms with van der Waals surface area (Å²) in [7, 11) is 0. The monoisotopic (exact) mass is 321 g/mol. The second kappa shape index (κ2) is 8.06. The molecule has 0 spiro atoms. The van der Waals surface area contributed by atoms with E-state index < -0.39 is 0 Å². The summed E-state index contributed by atoms with van der Waals surface area (Å²) in [5.74, 6) is -0.370. The second-order valence-corrected chi connectivity index (χ2v) is 5.95. The zero-order chi connectivity index (χ0) is 16.8. The summed E-state index contributed by atoms with van der Waals surface area (Å²) < 4.78 is 12.9. The lowest BCUT2D eigenvalue weighted by atomic mass is 10.1. The summed E-state index contributed by atoms with van der Waals surface area (Å²) in [6, 6.07) is 5.74. The highest BCUT2D eigenvalue weighted by Crippen LogP contribution is 2.08. The molecule has 0 saturated carbocycles. The van der Waals surface area contributed by atoms with Gasteiger partial charge in [-0.05, 0) is 37.6 Å². The van der Waals surface area contributed by atoms with E-state index >= 15 is 0 Å². The lowest BCUT2D eigenvalue weighted by Crippen LogP contribution is -2.53. The van der Waals surface area contributed by atoms with Crippen LogP contribution in [0.1, 0.15) is 30.6 Å². The van der Waals surface area contributed by atoms with Gasteiger partial charge in [-0.25, -0.2) is 9.18 Å². The van der Waals surface area contributed by atoms with Gasteiger partial charge in [-0.2, -0.15) is 0 Å². The van der Waals surface area contributed by atoms with Gasteiger partial charge in [0.15, 0.2) is 5.78 Å². The number of hydrogen-bond acceptors (Lipinski definition) is 3. The summed E-state index contributed by atoms with van der Waals surface area (Å²) in [6.45, 7) is 6.87. The van der Waals surface area contributed by atoms with Crippen LogP contribution in [0.25, 0.3) is 0 Å². The van der Waals surface area contributed by atoms with Crippen molar-refractivity contribution in [2.45, 2.75) is 26.3 Å².